The van der Waals surface area contributed by atoms with Gasteiger partial charge in [-0.05, 0) is 31.9 Å². The van der Waals surface area contributed by atoms with E-state index in [9.17, 15) is 9.59 Å². The van der Waals surface area contributed by atoms with Gasteiger partial charge >= 0.3 is 5.97 Å². The molecule has 1 fully saturated rings. The lowest BCUT2D eigenvalue weighted by molar-refractivity contribution is -0.139. The number of ether oxygens (including phenoxy) is 1. The van der Waals surface area contributed by atoms with Gasteiger partial charge in [0.2, 0.25) is 0 Å². The lowest BCUT2D eigenvalue weighted by Crippen LogP contribution is -2.24. The maximum atomic E-state index is 12.6. The molecule has 0 radical (unpaired) electrons. The summed E-state index contributed by atoms with van der Waals surface area (Å²) >= 11 is 1.28. The molecule has 3 rings (SSSR count). The number of fused-ring (bicyclic) bond motifs is 1. The number of carbonyl (C=O) groups excluding carboxylic acids is 1. The lowest BCUT2D eigenvalue weighted by Gasteiger charge is -2.14. The molecule has 0 saturated heterocycles. The molecule has 110 valence electrons. The summed E-state index contributed by atoms with van der Waals surface area (Å²) in [6.07, 6.45) is 1.97. The number of para-hydroxylation sites is 1. The second-order valence-corrected chi connectivity index (χ2v) is 6.41. The van der Waals surface area contributed by atoms with Crippen molar-refractivity contribution in [2.75, 3.05) is 7.11 Å². The van der Waals surface area contributed by atoms with E-state index in [1.807, 2.05) is 18.2 Å². The fourth-order valence-electron chi connectivity index (χ4n) is 2.24. The number of methoxy groups -OCH3 is 1. The van der Waals surface area contributed by atoms with Crippen molar-refractivity contribution in [2.24, 2.45) is 0 Å². The summed E-state index contributed by atoms with van der Waals surface area (Å²) in [5.74, 6) is -0.315. The van der Waals surface area contributed by atoms with Gasteiger partial charge in [0.1, 0.15) is 5.25 Å². The van der Waals surface area contributed by atoms with Crippen LogP contribution in [0.4, 0.5) is 0 Å². The zero-order valence-corrected chi connectivity index (χ0v) is 12.7. The number of benzene rings is 1. The summed E-state index contributed by atoms with van der Waals surface area (Å²) in [5, 5.41) is 0.826. The molecule has 21 heavy (non-hydrogen) atoms. The Labute approximate surface area is 126 Å². The van der Waals surface area contributed by atoms with Crippen LogP contribution in [0, 0.1) is 0 Å². The third kappa shape index (κ3) is 2.68. The summed E-state index contributed by atoms with van der Waals surface area (Å²) in [4.78, 5) is 28.8. The molecule has 0 bridgehead atoms. The number of thioether (sulfide) groups is 1. The topological polar surface area (TPSA) is 61.2 Å². The van der Waals surface area contributed by atoms with Crippen LogP contribution >= 0.6 is 11.8 Å². The van der Waals surface area contributed by atoms with Crippen molar-refractivity contribution in [1.29, 1.82) is 0 Å². The average molecular weight is 304 g/mol. The highest BCUT2D eigenvalue weighted by Gasteiger charge is 2.30. The molecule has 1 aliphatic carbocycles. The van der Waals surface area contributed by atoms with E-state index in [1.54, 1.807) is 17.6 Å². The predicted molar refractivity (Wildman–Crippen MR) is 81.6 cm³/mol. The maximum absolute atomic E-state index is 12.6. The van der Waals surface area contributed by atoms with Gasteiger partial charge in [0.05, 0.1) is 18.0 Å². The minimum Gasteiger partial charge on any atom is -0.468 e. The number of esters is 1. The Hall–Kier alpha value is -1.82. The minimum absolute atomic E-state index is 0.0253. The fourth-order valence-corrected chi connectivity index (χ4v) is 3.24. The summed E-state index contributed by atoms with van der Waals surface area (Å²) in [6.45, 7) is 1.76. The molecule has 5 nitrogen and oxygen atoms in total. The molecule has 1 aromatic heterocycles. The maximum Gasteiger partial charge on any atom is 0.318 e. The molecule has 0 unspecified atom stereocenters. The van der Waals surface area contributed by atoms with E-state index in [2.05, 4.69) is 4.98 Å². The number of nitrogens with zero attached hydrogens (tertiary/aromatic N) is 2. The van der Waals surface area contributed by atoms with Gasteiger partial charge in [-0.3, -0.25) is 14.2 Å². The molecular formula is C15H16N2O3S. The third-order valence-electron chi connectivity index (χ3n) is 3.50. The van der Waals surface area contributed by atoms with Gasteiger partial charge in [0, 0.05) is 6.04 Å². The van der Waals surface area contributed by atoms with Crippen molar-refractivity contribution in [3.05, 3.63) is 34.6 Å². The minimum atomic E-state index is -0.395. The van der Waals surface area contributed by atoms with Crippen molar-refractivity contribution in [1.82, 2.24) is 9.55 Å². The standard InChI is InChI=1S/C15H16N2O3S/c1-9(14(19)20-2)21-15-16-12-6-4-3-5-11(12)13(18)17(15)10-7-8-10/h3-6,9-10H,7-8H2,1-2H3/t9-/m0/s1. The van der Waals surface area contributed by atoms with Crippen LogP contribution in [0.5, 0.6) is 0 Å². The zero-order chi connectivity index (χ0) is 15.0. The van der Waals surface area contributed by atoms with E-state index in [-0.39, 0.29) is 17.6 Å². The van der Waals surface area contributed by atoms with Crippen molar-refractivity contribution < 1.29 is 9.53 Å². The fraction of sp³-hybridized carbons (Fsp3) is 0.400. The third-order valence-corrected chi connectivity index (χ3v) is 4.55. The second-order valence-electron chi connectivity index (χ2n) is 5.10. The number of hydrogen-bond donors (Lipinski definition) is 0. The number of rotatable bonds is 4. The molecule has 1 aromatic carbocycles. The number of carbonyl (C=O) groups is 1. The molecular weight excluding hydrogens is 288 g/mol. The van der Waals surface area contributed by atoms with Crippen LogP contribution in [0.25, 0.3) is 10.9 Å². The molecule has 0 spiro atoms. The summed E-state index contributed by atoms with van der Waals surface area (Å²) in [5.41, 5.74) is 0.640. The highest BCUT2D eigenvalue weighted by molar-refractivity contribution is 8.00. The highest BCUT2D eigenvalue weighted by Crippen LogP contribution is 2.37. The SMILES string of the molecule is COC(=O)[C@H](C)Sc1nc2ccccc2c(=O)n1C1CC1. The molecule has 2 aromatic rings. The molecule has 6 heteroatoms. The quantitative estimate of drug-likeness (QED) is 0.493. The largest absolute Gasteiger partial charge is 0.468 e. The first-order chi connectivity index (χ1) is 10.1. The normalized spacial score (nSPS) is 15.9. The van der Waals surface area contributed by atoms with Crippen molar-refractivity contribution >= 4 is 28.6 Å². The van der Waals surface area contributed by atoms with Crippen molar-refractivity contribution in [2.45, 2.75) is 36.2 Å². The highest BCUT2D eigenvalue weighted by atomic mass is 32.2. The monoisotopic (exact) mass is 304 g/mol. The summed E-state index contributed by atoms with van der Waals surface area (Å²) in [6, 6.07) is 7.52. The van der Waals surface area contributed by atoms with Gasteiger partial charge in [-0.15, -0.1) is 0 Å². The molecule has 1 aliphatic rings. The van der Waals surface area contributed by atoms with Gasteiger partial charge in [-0.2, -0.15) is 0 Å². The van der Waals surface area contributed by atoms with Crippen molar-refractivity contribution in [3.63, 3.8) is 0 Å². The second kappa shape index (κ2) is 5.52. The van der Waals surface area contributed by atoms with Crippen LogP contribution in [-0.2, 0) is 9.53 Å². The molecule has 1 saturated carbocycles. The molecule has 0 amide bonds. The van der Waals surface area contributed by atoms with E-state index >= 15 is 0 Å². The summed E-state index contributed by atoms with van der Waals surface area (Å²) < 4.78 is 6.47. The Kier molecular flexibility index (Phi) is 3.71. The van der Waals surface area contributed by atoms with Crippen LogP contribution in [0.15, 0.2) is 34.2 Å². The average Bonchev–Trinajstić information content (AvgIpc) is 3.31. The zero-order valence-electron chi connectivity index (χ0n) is 11.9. The van der Waals surface area contributed by atoms with Gasteiger partial charge in [0.25, 0.3) is 5.56 Å². The first-order valence-corrected chi connectivity index (χ1v) is 7.75. The van der Waals surface area contributed by atoms with E-state index in [0.29, 0.717) is 16.1 Å². The number of hydrogen-bond acceptors (Lipinski definition) is 5. The van der Waals surface area contributed by atoms with Crippen LogP contribution in [-0.4, -0.2) is 27.9 Å². The lowest BCUT2D eigenvalue weighted by atomic mass is 10.2. The molecule has 1 heterocycles. The Morgan fingerprint density at radius 3 is 2.81 bits per heavy atom. The van der Waals surface area contributed by atoms with Gasteiger partial charge in [-0.25, -0.2) is 4.98 Å². The van der Waals surface area contributed by atoms with Gasteiger partial charge in [-0.1, -0.05) is 23.9 Å². The van der Waals surface area contributed by atoms with E-state index in [4.69, 9.17) is 4.74 Å². The molecule has 0 N–H and O–H groups in total. The van der Waals surface area contributed by atoms with Crippen LogP contribution in [0.1, 0.15) is 25.8 Å². The van der Waals surface area contributed by atoms with E-state index in [0.717, 1.165) is 12.8 Å². The predicted octanol–water partition coefficient (Wildman–Crippen LogP) is 2.38. The smallest absolute Gasteiger partial charge is 0.318 e. The first-order valence-electron chi connectivity index (χ1n) is 6.87. The van der Waals surface area contributed by atoms with Crippen molar-refractivity contribution in [3.8, 4) is 0 Å². The molecule has 0 aliphatic heterocycles. The number of aromatic nitrogens is 2. The van der Waals surface area contributed by atoms with E-state index in [1.165, 1.54) is 18.9 Å². The van der Waals surface area contributed by atoms with Crippen LogP contribution in [0.2, 0.25) is 0 Å². The Balaban J connectivity index is 2.10. The van der Waals surface area contributed by atoms with Gasteiger partial charge in [0.15, 0.2) is 5.16 Å². The first kappa shape index (κ1) is 14.1. The Bertz CT molecular complexity index is 752. The van der Waals surface area contributed by atoms with Gasteiger partial charge < -0.3 is 4.74 Å². The van der Waals surface area contributed by atoms with Crippen LogP contribution < -0.4 is 5.56 Å². The van der Waals surface area contributed by atoms with Crippen LogP contribution in [0.3, 0.4) is 0 Å². The Morgan fingerprint density at radius 1 is 1.43 bits per heavy atom. The summed E-state index contributed by atoms with van der Waals surface area (Å²) in [7, 11) is 1.36. The molecule has 1 atom stereocenters. The van der Waals surface area contributed by atoms with E-state index < -0.39 is 5.25 Å². The Morgan fingerprint density at radius 2 is 2.14 bits per heavy atom.